The van der Waals surface area contributed by atoms with Crippen molar-refractivity contribution in [3.8, 4) is 0 Å². The molecule has 0 spiro atoms. The Bertz CT molecular complexity index is 613. The summed E-state index contributed by atoms with van der Waals surface area (Å²) < 4.78 is 18.1. The van der Waals surface area contributed by atoms with Crippen LogP contribution >= 0.6 is 0 Å². The lowest BCUT2D eigenvalue weighted by atomic mass is 10.1. The van der Waals surface area contributed by atoms with Gasteiger partial charge in [-0.2, -0.15) is 0 Å². The van der Waals surface area contributed by atoms with Crippen LogP contribution in [0.2, 0.25) is 0 Å². The molecule has 1 aromatic heterocycles. The molecule has 0 saturated carbocycles. The second-order valence-electron chi connectivity index (χ2n) is 3.51. The molecule has 5 nitrogen and oxygen atoms in total. The predicted molar refractivity (Wildman–Crippen MR) is 60.0 cm³/mol. The van der Waals surface area contributed by atoms with E-state index >= 15 is 0 Å². The summed E-state index contributed by atoms with van der Waals surface area (Å²) in [7, 11) is 1.19. The molecule has 0 aliphatic rings. The fourth-order valence-electron chi connectivity index (χ4n) is 1.59. The lowest BCUT2D eigenvalue weighted by Gasteiger charge is -2.06. The number of carbonyl (C=O) groups is 1. The molecule has 1 aromatic carbocycles. The predicted octanol–water partition coefficient (Wildman–Crippen LogP) is 1.45. The quantitative estimate of drug-likeness (QED) is 0.757. The number of nitrogen functional groups attached to an aromatic ring is 1. The Morgan fingerprint density at radius 3 is 2.76 bits per heavy atom. The van der Waals surface area contributed by atoms with E-state index in [2.05, 4.69) is 14.7 Å². The largest absolute Gasteiger partial charge is 0.465 e. The highest BCUT2D eigenvalue weighted by Gasteiger charge is 2.15. The average molecular weight is 235 g/mol. The number of nitrogens with zero attached hydrogens (tertiary/aromatic N) is 2. The third kappa shape index (κ3) is 1.89. The zero-order chi connectivity index (χ0) is 12.6. The molecule has 0 fully saturated rings. The van der Waals surface area contributed by atoms with E-state index in [-0.39, 0.29) is 11.5 Å². The van der Waals surface area contributed by atoms with Gasteiger partial charge in [-0.3, -0.25) is 0 Å². The third-order valence-corrected chi connectivity index (χ3v) is 2.40. The van der Waals surface area contributed by atoms with E-state index in [4.69, 9.17) is 5.73 Å². The summed E-state index contributed by atoms with van der Waals surface area (Å²) in [5.41, 5.74) is 6.26. The van der Waals surface area contributed by atoms with Gasteiger partial charge in [-0.15, -0.1) is 0 Å². The summed E-state index contributed by atoms with van der Waals surface area (Å²) in [4.78, 5) is 19.2. The second-order valence-corrected chi connectivity index (χ2v) is 3.51. The third-order valence-electron chi connectivity index (χ3n) is 2.40. The summed E-state index contributed by atoms with van der Waals surface area (Å²) >= 11 is 0. The molecule has 2 aromatic rings. The number of anilines is 1. The zero-order valence-electron chi connectivity index (χ0n) is 9.32. The maximum atomic E-state index is 13.6. The summed E-state index contributed by atoms with van der Waals surface area (Å²) in [6.45, 7) is 1.71. The highest BCUT2D eigenvalue weighted by atomic mass is 19.1. The van der Waals surface area contributed by atoms with Crippen LogP contribution in [0.1, 0.15) is 16.1 Å². The van der Waals surface area contributed by atoms with Crippen molar-refractivity contribution in [2.24, 2.45) is 0 Å². The molecule has 1 heterocycles. The molecule has 0 amide bonds. The van der Waals surface area contributed by atoms with Crippen molar-refractivity contribution in [1.82, 2.24) is 9.97 Å². The van der Waals surface area contributed by atoms with Gasteiger partial charge in [-0.1, -0.05) is 0 Å². The van der Waals surface area contributed by atoms with Crippen LogP contribution in [0.25, 0.3) is 10.9 Å². The normalized spacial score (nSPS) is 10.5. The van der Waals surface area contributed by atoms with E-state index in [0.29, 0.717) is 16.6 Å². The maximum Gasteiger partial charge on any atom is 0.340 e. The molecule has 6 heteroatoms. The first kappa shape index (κ1) is 11.3. The SMILES string of the molecule is COC(=O)c1cc2c(C)nc(N)nc2cc1F. The summed E-state index contributed by atoms with van der Waals surface area (Å²) in [6.07, 6.45) is 0. The molecule has 0 aliphatic heterocycles. The van der Waals surface area contributed by atoms with Crippen molar-refractivity contribution in [3.05, 3.63) is 29.2 Å². The van der Waals surface area contributed by atoms with Gasteiger partial charge in [-0.05, 0) is 13.0 Å². The number of nitrogens with two attached hydrogens (primary N) is 1. The summed E-state index contributed by atoms with van der Waals surface area (Å²) in [5.74, 6) is -1.36. The number of rotatable bonds is 1. The highest BCUT2D eigenvalue weighted by molar-refractivity contribution is 5.95. The maximum absolute atomic E-state index is 13.6. The Morgan fingerprint density at radius 2 is 2.12 bits per heavy atom. The van der Waals surface area contributed by atoms with E-state index in [1.807, 2.05) is 0 Å². The molecule has 2 N–H and O–H groups in total. The van der Waals surface area contributed by atoms with Crippen LogP contribution in [0.4, 0.5) is 10.3 Å². The van der Waals surface area contributed by atoms with Gasteiger partial charge < -0.3 is 10.5 Å². The number of ether oxygens (including phenoxy) is 1. The standard InChI is InChI=1S/C11H10FN3O2/c1-5-6-3-7(10(16)17-2)8(12)4-9(6)15-11(13)14-5/h3-4H,1-2H3,(H2,13,14,15). The number of benzene rings is 1. The van der Waals surface area contributed by atoms with Gasteiger partial charge in [-0.25, -0.2) is 19.2 Å². The van der Waals surface area contributed by atoms with Crippen LogP contribution in [-0.4, -0.2) is 23.0 Å². The molecule has 17 heavy (non-hydrogen) atoms. The Morgan fingerprint density at radius 1 is 1.41 bits per heavy atom. The monoisotopic (exact) mass is 235 g/mol. The van der Waals surface area contributed by atoms with Crippen LogP contribution in [-0.2, 0) is 4.74 Å². The Hall–Kier alpha value is -2.24. The van der Waals surface area contributed by atoms with Crippen molar-refractivity contribution in [2.45, 2.75) is 6.92 Å². The topological polar surface area (TPSA) is 78.1 Å². The summed E-state index contributed by atoms with van der Waals surface area (Å²) in [5, 5.41) is 0.570. The molecule has 0 atom stereocenters. The first-order valence-electron chi connectivity index (χ1n) is 4.84. The van der Waals surface area contributed by atoms with Gasteiger partial charge in [0.05, 0.1) is 23.9 Å². The zero-order valence-corrected chi connectivity index (χ0v) is 9.32. The molecule has 0 saturated heterocycles. The summed E-state index contributed by atoms with van der Waals surface area (Å²) in [6, 6.07) is 2.51. The molecule has 0 bridgehead atoms. The molecule has 0 aliphatic carbocycles. The van der Waals surface area contributed by atoms with E-state index in [1.54, 1.807) is 6.92 Å². The van der Waals surface area contributed by atoms with Crippen molar-refractivity contribution >= 4 is 22.8 Å². The minimum Gasteiger partial charge on any atom is -0.465 e. The van der Waals surface area contributed by atoms with Gasteiger partial charge in [0.1, 0.15) is 5.82 Å². The number of esters is 1. The first-order valence-corrected chi connectivity index (χ1v) is 4.84. The van der Waals surface area contributed by atoms with Crippen LogP contribution < -0.4 is 5.73 Å². The fourth-order valence-corrected chi connectivity index (χ4v) is 1.59. The highest BCUT2D eigenvalue weighted by Crippen LogP contribution is 2.21. The Balaban J connectivity index is 2.76. The van der Waals surface area contributed by atoms with Gasteiger partial charge in [0, 0.05) is 11.5 Å². The number of carbonyl (C=O) groups excluding carboxylic acids is 1. The molecule has 88 valence electrons. The average Bonchev–Trinajstić information content (AvgIpc) is 2.27. The minimum atomic E-state index is -0.736. The Labute approximate surface area is 96.4 Å². The van der Waals surface area contributed by atoms with Gasteiger partial charge in [0.15, 0.2) is 0 Å². The van der Waals surface area contributed by atoms with Crippen molar-refractivity contribution < 1.29 is 13.9 Å². The fraction of sp³-hybridized carbons (Fsp3) is 0.182. The Kier molecular flexibility index (Phi) is 2.63. The number of methoxy groups -OCH3 is 1. The molecule has 2 rings (SSSR count). The van der Waals surface area contributed by atoms with Crippen LogP contribution in [0.5, 0.6) is 0 Å². The van der Waals surface area contributed by atoms with Crippen molar-refractivity contribution in [3.63, 3.8) is 0 Å². The number of hydrogen-bond acceptors (Lipinski definition) is 5. The molecule has 0 unspecified atom stereocenters. The lowest BCUT2D eigenvalue weighted by molar-refractivity contribution is 0.0596. The molecular weight excluding hydrogens is 225 g/mol. The van der Waals surface area contributed by atoms with Crippen LogP contribution in [0, 0.1) is 12.7 Å². The van der Waals surface area contributed by atoms with E-state index in [9.17, 15) is 9.18 Å². The van der Waals surface area contributed by atoms with E-state index in [0.717, 1.165) is 6.07 Å². The van der Waals surface area contributed by atoms with Crippen molar-refractivity contribution in [1.29, 1.82) is 0 Å². The van der Waals surface area contributed by atoms with Gasteiger partial charge in [0.2, 0.25) is 5.95 Å². The van der Waals surface area contributed by atoms with Crippen LogP contribution in [0.3, 0.4) is 0 Å². The van der Waals surface area contributed by atoms with Gasteiger partial charge >= 0.3 is 5.97 Å². The number of aryl methyl sites for hydroxylation is 1. The van der Waals surface area contributed by atoms with Gasteiger partial charge in [0.25, 0.3) is 0 Å². The lowest BCUT2D eigenvalue weighted by Crippen LogP contribution is -2.06. The minimum absolute atomic E-state index is 0.0696. The smallest absolute Gasteiger partial charge is 0.340 e. The number of aromatic nitrogens is 2. The van der Waals surface area contributed by atoms with Crippen molar-refractivity contribution in [2.75, 3.05) is 12.8 Å². The van der Waals surface area contributed by atoms with E-state index in [1.165, 1.54) is 13.2 Å². The van der Waals surface area contributed by atoms with Crippen LogP contribution in [0.15, 0.2) is 12.1 Å². The van der Waals surface area contributed by atoms with E-state index < -0.39 is 11.8 Å². The number of fused-ring (bicyclic) bond motifs is 1. The molecular formula is C11H10FN3O2. The number of halogens is 1. The number of hydrogen-bond donors (Lipinski definition) is 1. The second kappa shape index (κ2) is 3.97. The first-order chi connectivity index (χ1) is 8.02. The molecule has 0 radical (unpaired) electrons.